The predicted molar refractivity (Wildman–Crippen MR) is 71.8 cm³/mol. The van der Waals surface area contributed by atoms with Crippen LogP contribution in [0.2, 0.25) is 0 Å². The van der Waals surface area contributed by atoms with E-state index in [0.29, 0.717) is 17.4 Å². The molecule has 19 heavy (non-hydrogen) atoms. The molecular weight excluding hydrogens is 262 g/mol. The quantitative estimate of drug-likeness (QED) is 0.909. The predicted octanol–water partition coefficient (Wildman–Crippen LogP) is 3.30. The van der Waals surface area contributed by atoms with Gasteiger partial charge < -0.3 is 9.84 Å². The van der Waals surface area contributed by atoms with Gasteiger partial charge in [0.05, 0.1) is 5.69 Å². The monoisotopic (exact) mass is 275 g/mol. The molecule has 1 N–H and O–H groups in total. The molecule has 1 aliphatic rings. The molecular formula is C14H13NO3S. The molecule has 1 saturated carbocycles. The van der Waals surface area contributed by atoms with Crippen molar-refractivity contribution in [2.24, 2.45) is 0 Å². The van der Waals surface area contributed by atoms with Crippen LogP contribution in [0.3, 0.4) is 0 Å². The number of rotatable bonds is 5. The number of para-hydroxylation sites is 1. The average molecular weight is 275 g/mol. The fraction of sp³-hybridized carbons (Fsp3) is 0.286. The molecule has 1 fully saturated rings. The molecule has 0 unspecified atom stereocenters. The summed E-state index contributed by atoms with van der Waals surface area (Å²) in [4.78, 5) is 16.0. The molecule has 0 atom stereocenters. The van der Waals surface area contributed by atoms with Crippen LogP contribution in [0.15, 0.2) is 30.3 Å². The van der Waals surface area contributed by atoms with E-state index in [2.05, 4.69) is 4.98 Å². The summed E-state index contributed by atoms with van der Waals surface area (Å²) in [5.74, 6) is 0.223. The Balaban J connectivity index is 1.74. The first-order valence-electron chi connectivity index (χ1n) is 6.15. The summed E-state index contributed by atoms with van der Waals surface area (Å²) < 4.78 is 5.60. The fourth-order valence-corrected chi connectivity index (χ4v) is 2.79. The van der Waals surface area contributed by atoms with E-state index < -0.39 is 5.97 Å². The highest BCUT2D eigenvalue weighted by molar-refractivity contribution is 7.13. The Morgan fingerprint density at radius 3 is 2.74 bits per heavy atom. The number of ether oxygens (including phenoxy) is 1. The average Bonchev–Trinajstić information content (AvgIpc) is 3.17. The maximum atomic E-state index is 11.2. The van der Waals surface area contributed by atoms with Crippen molar-refractivity contribution in [3.05, 3.63) is 45.9 Å². The van der Waals surface area contributed by atoms with Gasteiger partial charge in [0.25, 0.3) is 0 Å². The van der Waals surface area contributed by atoms with E-state index in [9.17, 15) is 9.90 Å². The maximum Gasteiger partial charge on any atom is 0.347 e. The first kappa shape index (κ1) is 12.2. The smallest absolute Gasteiger partial charge is 0.347 e. The third-order valence-corrected chi connectivity index (χ3v) is 3.99. The van der Waals surface area contributed by atoms with E-state index in [4.69, 9.17) is 4.74 Å². The molecule has 0 spiro atoms. The number of aromatic nitrogens is 1. The highest BCUT2D eigenvalue weighted by Crippen LogP contribution is 2.42. The van der Waals surface area contributed by atoms with E-state index in [1.54, 1.807) is 0 Å². The van der Waals surface area contributed by atoms with Gasteiger partial charge in [0.2, 0.25) is 0 Å². The van der Waals surface area contributed by atoms with Crippen LogP contribution < -0.4 is 4.74 Å². The molecule has 1 aromatic heterocycles. The molecule has 0 aliphatic heterocycles. The number of carboxylic acid groups (broad SMARTS) is 1. The Kier molecular flexibility index (Phi) is 3.21. The van der Waals surface area contributed by atoms with E-state index in [1.807, 2.05) is 30.3 Å². The molecule has 1 aliphatic carbocycles. The minimum Gasteiger partial charge on any atom is -0.486 e. The lowest BCUT2D eigenvalue weighted by atomic mass is 10.2. The van der Waals surface area contributed by atoms with Crippen LogP contribution in [0.1, 0.15) is 39.1 Å². The van der Waals surface area contributed by atoms with Crippen LogP contribution in [-0.2, 0) is 6.61 Å². The Morgan fingerprint density at radius 1 is 1.37 bits per heavy atom. The van der Waals surface area contributed by atoms with Crippen molar-refractivity contribution < 1.29 is 14.6 Å². The van der Waals surface area contributed by atoms with Crippen LogP contribution in [0.4, 0.5) is 0 Å². The van der Waals surface area contributed by atoms with Gasteiger partial charge in [-0.1, -0.05) is 18.2 Å². The number of benzene rings is 1. The molecule has 2 aromatic rings. The molecule has 1 aromatic carbocycles. The van der Waals surface area contributed by atoms with Crippen molar-refractivity contribution in [3.63, 3.8) is 0 Å². The van der Waals surface area contributed by atoms with Crippen LogP contribution in [0, 0.1) is 0 Å². The van der Waals surface area contributed by atoms with Crippen molar-refractivity contribution in [2.75, 3.05) is 0 Å². The summed E-state index contributed by atoms with van der Waals surface area (Å²) in [5, 5.41) is 9.90. The molecule has 0 bridgehead atoms. The Labute approximate surface area is 114 Å². The van der Waals surface area contributed by atoms with Gasteiger partial charge in [0.15, 0.2) is 0 Å². The van der Waals surface area contributed by atoms with Crippen LogP contribution >= 0.6 is 11.3 Å². The van der Waals surface area contributed by atoms with Gasteiger partial charge in [-0.25, -0.2) is 9.78 Å². The van der Waals surface area contributed by atoms with Crippen molar-refractivity contribution in [2.45, 2.75) is 25.4 Å². The zero-order chi connectivity index (χ0) is 13.2. The number of aromatic carboxylic acids is 1. The minimum absolute atomic E-state index is 0.321. The third kappa shape index (κ3) is 2.76. The molecule has 3 rings (SSSR count). The second-order valence-electron chi connectivity index (χ2n) is 4.50. The van der Waals surface area contributed by atoms with Crippen molar-refractivity contribution >= 4 is 17.3 Å². The third-order valence-electron chi connectivity index (χ3n) is 2.96. The van der Waals surface area contributed by atoms with E-state index >= 15 is 0 Å². The molecule has 4 nitrogen and oxygen atoms in total. The molecule has 0 saturated heterocycles. The standard InChI is InChI=1S/C14H13NO3S/c16-14(17)13-12(9-6-7-9)15-11(19-13)8-18-10-4-2-1-3-5-10/h1-5,9H,6-8H2,(H,16,17). The van der Waals surface area contributed by atoms with Crippen molar-refractivity contribution in [1.82, 2.24) is 4.98 Å². The lowest BCUT2D eigenvalue weighted by Crippen LogP contribution is -1.97. The van der Waals surface area contributed by atoms with Crippen molar-refractivity contribution in [1.29, 1.82) is 0 Å². The second-order valence-corrected chi connectivity index (χ2v) is 5.59. The Bertz CT molecular complexity index is 590. The zero-order valence-electron chi connectivity index (χ0n) is 10.2. The summed E-state index contributed by atoms with van der Waals surface area (Å²) in [7, 11) is 0. The van der Waals surface area contributed by atoms with E-state index in [-0.39, 0.29) is 0 Å². The van der Waals surface area contributed by atoms with Crippen LogP contribution in [-0.4, -0.2) is 16.1 Å². The fourth-order valence-electron chi connectivity index (χ4n) is 1.89. The van der Waals surface area contributed by atoms with Gasteiger partial charge in [0, 0.05) is 5.92 Å². The highest BCUT2D eigenvalue weighted by Gasteiger charge is 2.32. The summed E-state index contributed by atoms with van der Waals surface area (Å²) in [6, 6.07) is 9.45. The Morgan fingerprint density at radius 2 is 2.11 bits per heavy atom. The zero-order valence-corrected chi connectivity index (χ0v) is 11.0. The summed E-state index contributed by atoms with van der Waals surface area (Å²) in [6.45, 7) is 0.321. The number of carbonyl (C=O) groups is 1. The lowest BCUT2D eigenvalue weighted by Gasteiger charge is -2.02. The molecule has 1 heterocycles. The Hall–Kier alpha value is -1.88. The van der Waals surface area contributed by atoms with Gasteiger partial charge in [0.1, 0.15) is 22.2 Å². The van der Waals surface area contributed by atoms with Gasteiger partial charge in [-0.3, -0.25) is 0 Å². The maximum absolute atomic E-state index is 11.2. The summed E-state index contributed by atoms with van der Waals surface area (Å²) in [5.41, 5.74) is 0.740. The van der Waals surface area contributed by atoms with Gasteiger partial charge in [-0.2, -0.15) is 0 Å². The summed E-state index contributed by atoms with van der Waals surface area (Å²) in [6.07, 6.45) is 2.09. The normalized spacial score (nSPS) is 14.3. The van der Waals surface area contributed by atoms with Gasteiger partial charge >= 0.3 is 5.97 Å². The van der Waals surface area contributed by atoms with Crippen LogP contribution in [0.25, 0.3) is 0 Å². The molecule has 5 heteroatoms. The second kappa shape index (κ2) is 5.01. The number of hydrogen-bond donors (Lipinski definition) is 1. The number of carboxylic acids is 1. The highest BCUT2D eigenvalue weighted by atomic mass is 32.1. The number of nitrogens with zero attached hydrogens (tertiary/aromatic N) is 1. The number of thiazole rings is 1. The SMILES string of the molecule is O=C(O)c1sc(COc2ccccc2)nc1C1CC1. The van der Waals surface area contributed by atoms with Crippen LogP contribution in [0.5, 0.6) is 5.75 Å². The first-order valence-corrected chi connectivity index (χ1v) is 6.96. The molecule has 0 amide bonds. The topological polar surface area (TPSA) is 59.4 Å². The largest absolute Gasteiger partial charge is 0.486 e. The van der Waals surface area contributed by atoms with Gasteiger partial charge in [-0.05, 0) is 25.0 Å². The van der Waals surface area contributed by atoms with Crippen molar-refractivity contribution in [3.8, 4) is 5.75 Å². The lowest BCUT2D eigenvalue weighted by molar-refractivity contribution is 0.0700. The molecule has 0 radical (unpaired) electrons. The van der Waals surface area contributed by atoms with Gasteiger partial charge in [-0.15, -0.1) is 11.3 Å². The molecule has 98 valence electrons. The summed E-state index contributed by atoms with van der Waals surface area (Å²) >= 11 is 1.22. The first-order chi connectivity index (χ1) is 9.24. The minimum atomic E-state index is -0.884. The number of hydrogen-bond acceptors (Lipinski definition) is 4. The van der Waals surface area contributed by atoms with E-state index in [0.717, 1.165) is 29.3 Å². The van der Waals surface area contributed by atoms with E-state index in [1.165, 1.54) is 11.3 Å².